The minimum atomic E-state index is -0.269. The van der Waals surface area contributed by atoms with Crippen LogP contribution in [0.4, 0.5) is 0 Å². The van der Waals surface area contributed by atoms with Gasteiger partial charge in [0.2, 0.25) is 0 Å². The second-order valence-electron chi connectivity index (χ2n) is 2.27. The van der Waals surface area contributed by atoms with Crippen molar-refractivity contribution in [2.45, 2.75) is 13.8 Å². The Labute approximate surface area is 72.7 Å². The number of ether oxygens (including phenoxy) is 1. The lowest BCUT2D eigenvalue weighted by Gasteiger charge is -2.14. The van der Waals surface area contributed by atoms with Crippen LogP contribution in [-0.2, 0) is 9.53 Å². The fraction of sp³-hybridized carbons (Fsp3) is 0.750. The Morgan fingerprint density at radius 3 is 2.67 bits per heavy atom. The van der Waals surface area contributed by atoms with Crippen LogP contribution in [-0.4, -0.2) is 37.1 Å². The lowest BCUT2D eigenvalue weighted by atomic mass is 10.5. The molecule has 0 spiro atoms. The lowest BCUT2D eigenvalue weighted by molar-refractivity contribution is -0.144. The van der Waals surface area contributed by atoms with Gasteiger partial charge in [-0.1, -0.05) is 6.92 Å². The number of likely N-dealkylation sites (N-methyl/N-ethyl adjacent to an activating group) is 1. The molecule has 0 aliphatic carbocycles. The van der Waals surface area contributed by atoms with Gasteiger partial charge in [0.05, 0.1) is 25.8 Å². The van der Waals surface area contributed by atoms with Crippen LogP contribution < -0.4 is 0 Å². The average molecular weight is 170 g/mol. The zero-order valence-corrected chi connectivity index (χ0v) is 7.54. The molecule has 0 aliphatic rings. The smallest absolute Gasteiger partial charge is 0.320 e. The maximum absolute atomic E-state index is 10.9. The SMILES string of the molecule is CCOC(=O)CN(CC)CC#N. The predicted octanol–water partition coefficient (Wildman–Crippen LogP) is 0.395. The normalized spacial score (nSPS) is 9.50. The molecule has 0 aromatic carbocycles. The summed E-state index contributed by atoms with van der Waals surface area (Å²) >= 11 is 0. The zero-order valence-electron chi connectivity index (χ0n) is 7.54. The van der Waals surface area contributed by atoms with Crippen molar-refractivity contribution in [3.63, 3.8) is 0 Å². The molecule has 0 radical (unpaired) electrons. The van der Waals surface area contributed by atoms with Gasteiger partial charge in [0.15, 0.2) is 0 Å². The second-order valence-corrected chi connectivity index (χ2v) is 2.27. The molecule has 0 amide bonds. The molecule has 4 nitrogen and oxygen atoms in total. The monoisotopic (exact) mass is 170 g/mol. The van der Waals surface area contributed by atoms with Crippen molar-refractivity contribution in [2.24, 2.45) is 0 Å². The number of carbonyl (C=O) groups excluding carboxylic acids is 1. The Balaban J connectivity index is 3.70. The van der Waals surface area contributed by atoms with E-state index in [1.807, 2.05) is 13.0 Å². The van der Waals surface area contributed by atoms with Gasteiger partial charge in [-0.2, -0.15) is 5.26 Å². The number of hydrogen-bond acceptors (Lipinski definition) is 4. The minimum Gasteiger partial charge on any atom is -0.465 e. The van der Waals surface area contributed by atoms with Gasteiger partial charge >= 0.3 is 5.97 Å². The first-order valence-corrected chi connectivity index (χ1v) is 3.99. The first-order chi connectivity index (χ1) is 5.74. The highest BCUT2D eigenvalue weighted by Gasteiger charge is 2.08. The van der Waals surface area contributed by atoms with Crippen molar-refractivity contribution in [1.29, 1.82) is 5.26 Å². The average Bonchev–Trinajstić information content (AvgIpc) is 2.04. The number of rotatable bonds is 5. The van der Waals surface area contributed by atoms with Crippen LogP contribution in [0.1, 0.15) is 13.8 Å². The third-order valence-electron chi connectivity index (χ3n) is 1.40. The Hall–Kier alpha value is -1.08. The van der Waals surface area contributed by atoms with E-state index in [2.05, 4.69) is 0 Å². The van der Waals surface area contributed by atoms with Crippen molar-refractivity contribution in [2.75, 3.05) is 26.2 Å². The van der Waals surface area contributed by atoms with Gasteiger partial charge < -0.3 is 4.74 Å². The molecule has 0 saturated carbocycles. The summed E-state index contributed by atoms with van der Waals surface area (Å²) in [4.78, 5) is 12.6. The van der Waals surface area contributed by atoms with Crippen LogP contribution in [0.2, 0.25) is 0 Å². The maximum Gasteiger partial charge on any atom is 0.320 e. The highest BCUT2D eigenvalue weighted by molar-refractivity contribution is 5.71. The topological polar surface area (TPSA) is 53.3 Å². The number of nitrogens with zero attached hydrogens (tertiary/aromatic N) is 2. The minimum absolute atomic E-state index is 0.206. The van der Waals surface area contributed by atoms with E-state index >= 15 is 0 Å². The van der Waals surface area contributed by atoms with Crippen LogP contribution in [0.25, 0.3) is 0 Å². The van der Waals surface area contributed by atoms with Gasteiger partial charge in [-0.15, -0.1) is 0 Å². The molecular weight excluding hydrogens is 156 g/mol. The number of nitriles is 1. The zero-order chi connectivity index (χ0) is 9.40. The predicted molar refractivity (Wildman–Crippen MR) is 44.4 cm³/mol. The van der Waals surface area contributed by atoms with Crippen molar-refractivity contribution in [1.82, 2.24) is 4.90 Å². The Morgan fingerprint density at radius 1 is 1.58 bits per heavy atom. The molecule has 0 saturated heterocycles. The van der Waals surface area contributed by atoms with Crippen molar-refractivity contribution < 1.29 is 9.53 Å². The molecule has 0 aliphatic heterocycles. The third-order valence-corrected chi connectivity index (χ3v) is 1.40. The highest BCUT2D eigenvalue weighted by atomic mass is 16.5. The maximum atomic E-state index is 10.9. The second kappa shape index (κ2) is 6.62. The summed E-state index contributed by atoms with van der Waals surface area (Å²) in [5.74, 6) is -0.269. The quantitative estimate of drug-likeness (QED) is 0.442. The van der Waals surface area contributed by atoms with Crippen LogP contribution in [0.5, 0.6) is 0 Å². The highest BCUT2D eigenvalue weighted by Crippen LogP contribution is 1.88. The molecule has 4 heteroatoms. The van der Waals surface area contributed by atoms with Gasteiger partial charge in [-0.25, -0.2) is 0 Å². The van der Waals surface area contributed by atoms with Crippen molar-refractivity contribution in [3.05, 3.63) is 0 Å². The fourth-order valence-corrected chi connectivity index (χ4v) is 0.769. The molecule has 12 heavy (non-hydrogen) atoms. The molecule has 68 valence electrons. The first kappa shape index (κ1) is 10.9. The molecule has 0 atom stereocenters. The number of esters is 1. The largest absolute Gasteiger partial charge is 0.465 e. The summed E-state index contributed by atoms with van der Waals surface area (Å²) in [7, 11) is 0. The molecule has 0 unspecified atom stereocenters. The molecule has 0 bridgehead atoms. The van der Waals surface area contributed by atoms with E-state index in [9.17, 15) is 4.79 Å². The summed E-state index contributed by atoms with van der Waals surface area (Å²) < 4.78 is 4.73. The van der Waals surface area contributed by atoms with E-state index in [1.165, 1.54) is 0 Å². The van der Waals surface area contributed by atoms with Gasteiger partial charge in [0, 0.05) is 0 Å². The van der Waals surface area contributed by atoms with Crippen LogP contribution >= 0.6 is 0 Å². The number of carbonyl (C=O) groups is 1. The third kappa shape index (κ3) is 4.69. The van der Waals surface area contributed by atoms with Crippen molar-refractivity contribution in [3.8, 4) is 6.07 Å². The summed E-state index contributed by atoms with van der Waals surface area (Å²) in [5, 5.41) is 8.37. The first-order valence-electron chi connectivity index (χ1n) is 3.99. The van der Waals surface area contributed by atoms with Crippen LogP contribution in [0.15, 0.2) is 0 Å². The van der Waals surface area contributed by atoms with Gasteiger partial charge in [-0.05, 0) is 13.5 Å². The number of hydrogen-bond donors (Lipinski definition) is 0. The Morgan fingerprint density at radius 2 is 2.25 bits per heavy atom. The van der Waals surface area contributed by atoms with Gasteiger partial charge in [0.25, 0.3) is 0 Å². The molecular formula is C8H14N2O2. The summed E-state index contributed by atoms with van der Waals surface area (Å²) in [6.45, 7) is 5.22. The molecule has 0 fully saturated rings. The summed E-state index contributed by atoms with van der Waals surface area (Å²) in [5.41, 5.74) is 0. The van der Waals surface area contributed by atoms with Crippen molar-refractivity contribution >= 4 is 5.97 Å². The van der Waals surface area contributed by atoms with E-state index in [0.717, 1.165) is 0 Å². The fourth-order valence-electron chi connectivity index (χ4n) is 0.769. The standard InChI is InChI=1S/C8H14N2O2/c1-3-10(6-5-9)7-8(11)12-4-2/h3-4,6-7H2,1-2H3. The molecule has 0 rings (SSSR count). The Bertz CT molecular complexity index is 174. The van der Waals surface area contributed by atoms with E-state index in [0.29, 0.717) is 13.2 Å². The molecule has 0 aromatic heterocycles. The van der Waals surface area contributed by atoms with Gasteiger partial charge in [0.1, 0.15) is 0 Å². The summed E-state index contributed by atoms with van der Waals surface area (Å²) in [6, 6.07) is 1.98. The van der Waals surface area contributed by atoms with Crippen LogP contribution in [0, 0.1) is 11.3 Å². The van der Waals surface area contributed by atoms with E-state index in [-0.39, 0.29) is 19.1 Å². The van der Waals surface area contributed by atoms with E-state index < -0.39 is 0 Å². The van der Waals surface area contributed by atoms with Crippen LogP contribution in [0.3, 0.4) is 0 Å². The molecule has 0 N–H and O–H groups in total. The Kier molecular flexibility index (Phi) is 6.02. The van der Waals surface area contributed by atoms with E-state index in [1.54, 1.807) is 11.8 Å². The van der Waals surface area contributed by atoms with Gasteiger partial charge in [-0.3, -0.25) is 9.69 Å². The molecule has 0 aromatic rings. The summed E-state index contributed by atoms with van der Waals surface area (Å²) in [6.07, 6.45) is 0. The molecule has 0 heterocycles. The lowest BCUT2D eigenvalue weighted by Crippen LogP contribution is -2.31. The van der Waals surface area contributed by atoms with E-state index in [4.69, 9.17) is 10.00 Å².